The molecule has 0 saturated heterocycles. The Morgan fingerprint density at radius 1 is 1.38 bits per heavy atom. The molecule has 1 amide bonds. The average molecular weight is 291 g/mol. The van der Waals surface area contributed by atoms with Crippen LogP contribution in [0.25, 0.3) is 0 Å². The van der Waals surface area contributed by atoms with Crippen molar-refractivity contribution in [1.29, 1.82) is 0 Å². The van der Waals surface area contributed by atoms with E-state index >= 15 is 0 Å². The second-order valence-electron chi connectivity index (χ2n) is 5.88. The molecule has 6 heteroatoms. The molecule has 0 aromatic heterocycles. The molecule has 3 N–H and O–H groups in total. The van der Waals surface area contributed by atoms with Gasteiger partial charge in [0.05, 0.1) is 10.5 Å². The van der Waals surface area contributed by atoms with Crippen LogP contribution in [0, 0.1) is 22.0 Å². The van der Waals surface area contributed by atoms with E-state index < -0.39 is 4.92 Å². The third-order valence-electron chi connectivity index (χ3n) is 4.52. The minimum absolute atomic E-state index is 0.0971. The molecule has 0 heterocycles. The number of amides is 1. The number of carbonyl (C=O) groups excluding carboxylic acids is 1. The van der Waals surface area contributed by atoms with Crippen LogP contribution in [0.3, 0.4) is 0 Å². The van der Waals surface area contributed by atoms with E-state index in [-0.39, 0.29) is 28.9 Å². The second-order valence-corrected chi connectivity index (χ2v) is 5.88. The molecule has 21 heavy (non-hydrogen) atoms. The van der Waals surface area contributed by atoms with Gasteiger partial charge in [-0.05, 0) is 24.3 Å². The number of nitrogens with two attached hydrogens (primary N) is 1. The summed E-state index contributed by atoms with van der Waals surface area (Å²) < 4.78 is 0. The monoisotopic (exact) mass is 291 g/mol. The molecule has 114 valence electrons. The fourth-order valence-electron chi connectivity index (χ4n) is 2.89. The van der Waals surface area contributed by atoms with Crippen molar-refractivity contribution in [3.63, 3.8) is 0 Å². The number of non-ortho nitro benzene ring substituents is 1. The standard InChI is InChI=1S/C15H21N3O3/c1-9-4-3-5-14(10(9)2)17-15(19)12-8-11(18(20)21)6-7-13(12)16/h6-10,14H,3-5,16H2,1-2H3,(H,17,19). The zero-order chi connectivity index (χ0) is 15.6. The van der Waals surface area contributed by atoms with Crippen molar-refractivity contribution in [3.8, 4) is 0 Å². The van der Waals surface area contributed by atoms with Crippen LogP contribution in [0.4, 0.5) is 11.4 Å². The third-order valence-corrected chi connectivity index (χ3v) is 4.52. The predicted molar refractivity (Wildman–Crippen MR) is 80.9 cm³/mol. The highest BCUT2D eigenvalue weighted by Crippen LogP contribution is 2.30. The summed E-state index contributed by atoms with van der Waals surface area (Å²) in [6, 6.07) is 4.04. The van der Waals surface area contributed by atoms with Crippen LogP contribution >= 0.6 is 0 Å². The summed E-state index contributed by atoms with van der Waals surface area (Å²) in [4.78, 5) is 22.6. The summed E-state index contributed by atoms with van der Waals surface area (Å²) >= 11 is 0. The van der Waals surface area contributed by atoms with Gasteiger partial charge in [0.15, 0.2) is 0 Å². The first-order valence-electron chi connectivity index (χ1n) is 7.25. The lowest BCUT2D eigenvalue weighted by Gasteiger charge is -2.34. The maximum absolute atomic E-state index is 12.3. The van der Waals surface area contributed by atoms with Crippen molar-refractivity contribution in [2.24, 2.45) is 11.8 Å². The van der Waals surface area contributed by atoms with E-state index in [4.69, 9.17) is 5.73 Å². The Hall–Kier alpha value is -2.11. The number of carbonyl (C=O) groups is 1. The van der Waals surface area contributed by atoms with Gasteiger partial charge in [-0.2, -0.15) is 0 Å². The van der Waals surface area contributed by atoms with Gasteiger partial charge in [0.1, 0.15) is 0 Å². The highest BCUT2D eigenvalue weighted by molar-refractivity contribution is 6.00. The first kappa shape index (κ1) is 15.3. The minimum Gasteiger partial charge on any atom is -0.398 e. The number of nitrogens with zero attached hydrogens (tertiary/aromatic N) is 1. The van der Waals surface area contributed by atoms with Crippen LogP contribution in [0.15, 0.2) is 18.2 Å². The molecule has 0 radical (unpaired) electrons. The van der Waals surface area contributed by atoms with Crippen molar-refractivity contribution in [2.75, 3.05) is 5.73 Å². The zero-order valence-electron chi connectivity index (χ0n) is 12.3. The van der Waals surface area contributed by atoms with E-state index in [1.54, 1.807) is 0 Å². The smallest absolute Gasteiger partial charge is 0.270 e. The molecule has 3 atom stereocenters. The summed E-state index contributed by atoms with van der Waals surface area (Å²) in [5, 5.41) is 13.8. The van der Waals surface area contributed by atoms with Gasteiger partial charge in [-0.3, -0.25) is 14.9 Å². The number of nitro benzene ring substituents is 1. The van der Waals surface area contributed by atoms with E-state index in [0.717, 1.165) is 12.8 Å². The molecule has 1 aromatic carbocycles. The lowest BCUT2D eigenvalue weighted by Crippen LogP contribution is -2.43. The summed E-state index contributed by atoms with van der Waals surface area (Å²) in [5.74, 6) is 0.622. The van der Waals surface area contributed by atoms with Crippen molar-refractivity contribution in [3.05, 3.63) is 33.9 Å². The Bertz CT molecular complexity index is 559. The average Bonchev–Trinajstić information content (AvgIpc) is 2.44. The van der Waals surface area contributed by atoms with Crippen LogP contribution in [-0.4, -0.2) is 16.9 Å². The number of hydrogen-bond acceptors (Lipinski definition) is 4. The molecular weight excluding hydrogens is 270 g/mol. The molecule has 1 aromatic rings. The zero-order valence-corrected chi connectivity index (χ0v) is 12.3. The van der Waals surface area contributed by atoms with E-state index in [9.17, 15) is 14.9 Å². The molecule has 3 unspecified atom stereocenters. The lowest BCUT2D eigenvalue weighted by atomic mass is 9.78. The van der Waals surface area contributed by atoms with Crippen molar-refractivity contribution in [2.45, 2.75) is 39.2 Å². The Kier molecular flexibility index (Phi) is 4.45. The SMILES string of the molecule is CC1CCCC(NC(=O)c2cc([N+](=O)[O-])ccc2N)C1C. The number of anilines is 1. The fourth-order valence-corrected chi connectivity index (χ4v) is 2.89. The number of nitrogens with one attached hydrogen (secondary N) is 1. The molecular formula is C15H21N3O3. The van der Waals surface area contributed by atoms with E-state index in [1.165, 1.54) is 24.6 Å². The maximum atomic E-state index is 12.3. The first-order chi connectivity index (χ1) is 9.90. The Morgan fingerprint density at radius 2 is 2.10 bits per heavy atom. The molecule has 1 aliphatic carbocycles. The predicted octanol–water partition coefficient (Wildman–Crippen LogP) is 2.73. The molecule has 0 spiro atoms. The van der Waals surface area contributed by atoms with Crippen LogP contribution in [0.1, 0.15) is 43.5 Å². The van der Waals surface area contributed by atoms with Gasteiger partial charge < -0.3 is 11.1 Å². The largest absolute Gasteiger partial charge is 0.398 e. The quantitative estimate of drug-likeness (QED) is 0.508. The molecule has 0 aliphatic heterocycles. The first-order valence-corrected chi connectivity index (χ1v) is 7.25. The van der Waals surface area contributed by atoms with Crippen LogP contribution in [-0.2, 0) is 0 Å². The van der Waals surface area contributed by atoms with Gasteiger partial charge in [-0.15, -0.1) is 0 Å². The second kappa shape index (κ2) is 6.11. The highest BCUT2D eigenvalue weighted by atomic mass is 16.6. The molecule has 6 nitrogen and oxygen atoms in total. The highest BCUT2D eigenvalue weighted by Gasteiger charge is 2.29. The van der Waals surface area contributed by atoms with Crippen LogP contribution in [0.2, 0.25) is 0 Å². The minimum atomic E-state index is -0.526. The van der Waals surface area contributed by atoms with E-state index in [0.29, 0.717) is 11.8 Å². The number of rotatable bonds is 3. The fraction of sp³-hybridized carbons (Fsp3) is 0.533. The number of benzene rings is 1. The summed E-state index contributed by atoms with van der Waals surface area (Å²) in [7, 11) is 0. The van der Waals surface area contributed by atoms with Crippen LogP contribution in [0.5, 0.6) is 0 Å². The van der Waals surface area contributed by atoms with Gasteiger partial charge >= 0.3 is 0 Å². The molecule has 0 bridgehead atoms. The maximum Gasteiger partial charge on any atom is 0.270 e. The van der Waals surface area contributed by atoms with Crippen molar-refractivity contribution < 1.29 is 9.72 Å². The van der Waals surface area contributed by atoms with Crippen LogP contribution < -0.4 is 11.1 Å². The Balaban J connectivity index is 2.16. The lowest BCUT2D eigenvalue weighted by molar-refractivity contribution is -0.384. The Morgan fingerprint density at radius 3 is 2.76 bits per heavy atom. The molecule has 1 aliphatic rings. The molecule has 1 saturated carbocycles. The van der Waals surface area contributed by atoms with Crippen molar-refractivity contribution in [1.82, 2.24) is 5.32 Å². The van der Waals surface area contributed by atoms with E-state index in [1.807, 2.05) is 0 Å². The van der Waals surface area contributed by atoms with Gasteiger partial charge in [-0.1, -0.05) is 26.7 Å². The molecule has 2 rings (SSSR count). The van der Waals surface area contributed by atoms with Gasteiger partial charge in [-0.25, -0.2) is 0 Å². The summed E-state index contributed by atoms with van der Waals surface area (Å²) in [6.45, 7) is 4.32. The number of nitro groups is 1. The van der Waals surface area contributed by atoms with Gasteiger partial charge in [0, 0.05) is 23.9 Å². The van der Waals surface area contributed by atoms with Gasteiger partial charge in [0.2, 0.25) is 0 Å². The topological polar surface area (TPSA) is 98.3 Å². The molecule has 1 fully saturated rings. The third kappa shape index (κ3) is 3.32. The number of hydrogen-bond donors (Lipinski definition) is 2. The summed E-state index contributed by atoms with van der Waals surface area (Å²) in [5.41, 5.74) is 6.08. The van der Waals surface area contributed by atoms with Gasteiger partial charge in [0.25, 0.3) is 11.6 Å². The summed E-state index contributed by atoms with van der Waals surface area (Å²) in [6.07, 6.45) is 3.19. The van der Waals surface area contributed by atoms with E-state index in [2.05, 4.69) is 19.2 Å². The van der Waals surface area contributed by atoms with Crippen molar-refractivity contribution >= 4 is 17.3 Å². The normalized spacial score (nSPS) is 25.3. The Labute approximate surface area is 123 Å². The number of nitrogen functional groups attached to an aromatic ring is 1.